The Labute approximate surface area is 112 Å². The smallest absolute Gasteiger partial charge is 0.352 e. The van der Waals surface area contributed by atoms with Gasteiger partial charge in [-0.1, -0.05) is 29.3 Å². The Hall–Kier alpha value is -1.72. The van der Waals surface area contributed by atoms with Gasteiger partial charge < -0.3 is 15.7 Å². The summed E-state index contributed by atoms with van der Waals surface area (Å²) < 4.78 is 0. The van der Waals surface area contributed by atoms with E-state index in [2.05, 4.69) is 10.6 Å². The van der Waals surface area contributed by atoms with Crippen molar-refractivity contribution < 1.29 is 14.7 Å². The molecule has 0 aromatic heterocycles. The first-order valence-corrected chi connectivity index (χ1v) is 5.70. The van der Waals surface area contributed by atoms with E-state index in [1.165, 1.54) is 6.08 Å². The van der Waals surface area contributed by atoms with E-state index < -0.39 is 18.0 Å². The van der Waals surface area contributed by atoms with Gasteiger partial charge in [-0.25, -0.2) is 9.59 Å². The number of urea groups is 1. The second-order valence-electron chi connectivity index (χ2n) is 3.64. The molecule has 0 bridgehead atoms. The molecule has 0 spiro atoms. The lowest BCUT2D eigenvalue weighted by molar-refractivity contribution is -0.133. The largest absolute Gasteiger partial charge is 0.477 e. The van der Waals surface area contributed by atoms with Crippen molar-refractivity contribution in [3.05, 3.63) is 45.6 Å². The quantitative estimate of drug-likeness (QED) is 0.781. The maximum atomic E-state index is 11.3. The Balaban J connectivity index is 2.37. The number of benzene rings is 1. The van der Waals surface area contributed by atoms with E-state index in [1.807, 2.05) is 0 Å². The summed E-state index contributed by atoms with van der Waals surface area (Å²) in [6.45, 7) is 0. The lowest BCUT2D eigenvalue weighted by Crippen LogP contribution is -2.43. The van der Waals surface area contributed by atoms with Crippen LogP contribution in [-0.2, 0) is 4.79 Å². The van der Waals surface area contributed by atoms with Crippen molar-refractivity contribution in [3.8, 4) is 0 Å². The number of rotatable bonds is 2. The third-order valence-electron chi connectivity index (χ3n) is 2.40. The van der Waals surface area contributed by atoms with Crippen LogP contribution in [0.25, 0.3) is 0 Å². The van der Waals surface area contributed by atoms with Gasteiger partial charge in [0.2, 0.25) is 0 Å². The molecule has 94 valence electrons. The number of nitrogens with one attached hydrogen (secondary N) is 2. The van der Waals surface area contributed by atoms with Gasteiger partial charge in [0.25, 0.3) is 0 Å². The van der Waals surface area contributed by atoms with Crippen molar-refractivity contribution in [1.29, 1.82) is 0 Å². The summed E-state index contributed by atoms with van der Waals surface area (Å²) in [6.07, 6.45) is 1.39. The fraction of sp³-hybridized carbons (Fsp3) is 0.0909. The molecule has 1 atom stereocenters. The molecule has 0 aliphatic carbocycles. The summed E-state index contributed by atoms with van der Waals surface area (Å²) in [7, 11) is 0. The van der Waals surface area contributed by atoms with Gasteiger partial charge in [0.15, 0.2) is 0 Å². The molecule has 1 aromatic carbocycles. The Kier molecular flexibility index (Phi) is 3.45. The minimum atomic E-state index is -1.20. The summed E-state index contributed by atoms with van der Waals surface area (Å²) in [5.41, 5.74) is 0.479. The molecule has 0 fully saturated rings. The van der Waals surface area contributed by atoms with Crippen LogP contribution in [0, 0.1) is 0 Å². The van der Waals surface area contributed by atoms with Crippen LogP contribution in [0.3, 0.4) is 0 Å². The molecule has 1 aliphatic rings. The van der Waals surface area contributed by atoms with Gasteiger partial charge in [-0.05, 0) is 23.8 Å². The van der Waals surface area contributed by atoms with Crippen LogP contribution in [-0.4, -0.2) is 17.1 Å². The summed E-state index contributed by atoms with van der Waals surface area (Å²) in [4.78, 5) is 22.2. The van der Waals surface area contributed by atoms with Gasteiger partial charge in [0, 0.05) is 0 Å². The number of hydrogen-bond acceptors (Lipinski definition) is 2. The molecule has 1 aromatic rings. The molecule has 7 heteroatoms. The highest BCUT2D eigenvalue weighted by molar-refractivity contribution is 6.42. The number of aliphatic carboxylic acids is 1. The average Bonchev–Trinajstić information content (AvgIpc) is 2.31. The zero-order chi connectivity index (χ0) is 13.3. The fourth-order valence-corrected chi connectivity index (χ4v) is 1.87. The van der Waals surface area contributed by atoms with Gasteiger partial charge >= 0.3 is 12.0 Å². The minimum Gasteiger partial charge on any atom is -0.477 e. The van der Waals surface area contributed by atoms with E-state index in [4.69, 9.17) is 28.3 Å². The van der Waals surface area contributed by atoms with E-state index in [1.54, 1.807) is 18.2 Å². The van der Waals surface area contributed by atoms with Crippen LogP contribution in [0.5, 0.6) is 0 Å². The number of halogens is 2. The SMILES string of the molecule is O=C1NC(C(=O)O)=CC(c2ccc(Cl)c(Cl)c2)N1. The van der Waals surface area contributed by atoms with E-state index in [-0.39, 0.29) is 5.70 Å². The molecular weight excluding hydrogens is 279 g/mol. The van der Waals surface area contributed by atoms with Gasteiger partial charge in [-0.3, -0.25) is 0 Å². The van der Waals surface area contributed by atoms with Crippen molar-refractivity contribution in [1.82, 2.24) is 10.6 Å². The van der Waals surface area contributed by atoms with Crippen LogP contribution >= 0.6 is 23.2 Å². The van der Waals surface area contributed by atoms with Crippen molar-refractivity contribution in [2.75, 3.05) is 0 Å². The number of carboxylic acid groups (broad SMARTS) is 1. The number of carboxylic acids is 1. The summed E-state index contributed by atoms with van der Waals surface area (Å²) >= 11 is 11.7. The Morgan fingerprint density at radius 3 is 2.61 bits per heavy atom. The first kappa shape index (κ1) is 12.7. The molecule has 18 heavy (non-hydrogen) atoms. The van der Waals surface area contributed by atoms with Crippen LogP contribution in [0.15, 0.2) is 30.0 Å². The van der Waals surface area contributed by atoms with Crippen LogP contribution in [0.1, 0.15) is 11.6 Å². The van der Waals surface area contributed by atoms with E-state index in [0.29, 0.717) is 15.6 Å². The zero-order valence-electron chi connectivity index (χ0n) is 8.91. The lowest BCUT2D eigenvalue weighted by Gasteiger charge is -2.22. The van der Waals surface area contributed by atoms with Gasteiger partial charge in [0.1, 0.15) is 5.70 Å². The molecule has 1 aliphatic heterocycles. The second-order valence-corrected chi connectivity index (χ2v) is 4.45. The topological polar surface area (TPSA) is 78.4 Å². The standard InChI is InChI=1S/C11H8Cl2N2O3/c12-6-2-1-5(3-7(6)13)8-4-9(10(16)17)15-11(18)14-8/h1-4,8H,(H,16,17)(H2,14,15,18). The first-order valence-electron chi connectivity index (χ1n) is 4.95. The molecule has 1 unspecified atom stereocenters. The predicted molar refractivity (Wildman–Crippen MR) is 66.6 cm³/mol. The van der Waals surface area contributed by atoms with E-state index >= 15 is 0 Å². The molecule has 3 N–H and O–H groups in total. The molecule has 0 saturated carbocycles. The number of hydrogen-bond donors (Lipinski definition) is 3. The number of amides is 2. The molecule has 0 radical (unpaired) electrons. The molecule has 0 saturated heterocycles. The monoisotopic (exact) mass is 286 g/mol. The Bertz CT molecular complexity index is 557. The highest BCUT2D eigenvalue weighted by atomic mass is 35.5. The lowest BCUT2D eigenvalue weighted by atomic mass is 10.0. The van der Waals surface area contributed by atoms with Gasteiger partial charge in [-0.15, -0.1) is 0 Å². The zero-order valence-corrected chi connectivity index (χ0v) is 10.4. The normalized spacial score (nSPS) is 18.7. The molecular formula is C11H8Cl2N2O3. The third-order valence-corrected chi connectivity index (χ3v) is 3.14. The maximum absolute atomic E-state index is 11.3. The maximum Gasteiger partial charge on any atom is 0.352 e. The fourth-order valence-electron chi connectivity index (χ4n) is 1.56. The van der Waals surface area contributed by atoms with Crippen LogP contribution in [0.2, 0.25) is 10.0 Å². The minimum absolute atomic E-state index is 0.171. The summed E-state index contributed by atoms with van der Waals surface area (Å²) in [5, 5.41) is 14.4. The van der Waals surface area contributed by atoms with Gasteiger partial charge in [-0.2, -0.15) is 0 Å². The summed E-state index contributed by atoms with van der Waals surface area (Å²) in [6, 6.07) is 3.70. The molecule has 2 rings (SSSR count). The van der Waals surface area contributed by atoms with Crippen molar-refractivity contribution in [2.45, 2.75) is 6.04 Å². The number of carbonyl (C=O) groups is 2. The second kappa shape index (κ2) is 4.88. The molecule has 1 heterocycles. The van der Waals surface area contributed by atoms with Gasteiger partial charge in [0.05, 0.1) is 16.1 Å². The van der Waals surface area contributed by atoms with Crippen LogP contribution in [0.4, 0.5) is 4.79 Å². The Morgan fingerprint density at radius 1 is 1.28 bits per heavy atom. The van der Waals surface area contributed by atoms with Crippen molar-refractivity contribution in [2.24, 2.45) is 0 Å². The molecule has 5 nitrogen and oxygen atoms in total. The van der Waals surface area contributed by atoms with Crippen LogP contribution < -0.4 is 10.6 Å². The van der Waals surface area contributed by atoms with Crippen molar-refractivity contribution >= 4 is 35.2 Å². The molecule has 2 amide bonds. The van der Waals surface area contributed by atoms with Crippen molar-refractivity contribution in [3.63, 3.8) is 0 Å². The highest BCUT2D eigenvalue weighted by Gasteiger charge is 2.23. The summed E-state index contributed by atoms with van der Waals surface area (Å²) in [5.74, 6) is -1.20. The van der Waals surface area contributed by atoms with E-state index in [9.17, 15) is 9.59 Å². The first-order chi connectivity index (χ1) is 8.47. The third kappa shape index (κ3) is 2.57. The highest BCUT2D eigenvalue weighted by Crippen LogP contribution is 2.27. The Morgan fingerprint density at radius 2 is 2.00 bits per heavy atom. The van der Waals surface area contributed by atoms with E-state index in [0.717, 1.165) is 0 Å². The predicted octanol–water partition coefficient (Wildman–Crippen LogP) is 2.32. The average molecular weight is 287 g/mol. The number of carbonyl (C=O) groups excluding carboxylic acids is 1.